The molecule has 8 heteroatoms. The summed E-state index contributed by atoms with van der Waals surface area (Å²) in [5.74, 6) is 1.08. The minimum atomic E-state index is -3.56. The maximum atomic E-state index is 12.6. The number of fused-ring (bicyclic) bond motifs is 1. The first-order valence-corrected chi connectivity index (χ1v) is 8.99. The van der Waals surface area contributed by atoms with Crippen molar-refractivity contribution in [3.8, 4) is 11.5 Å². The zero-order chi connectivity index (χ0) is 15.8. The van der Waals surface area contributed by atoms with Crippen molar-refractivity contribution in [1.29, 1.82) is 0 Å². The molecule has 1 atom stereocenters. The number of benzene rings is 1. The van der Waals surface area contributed by atoms with Crippen LogP contribution in [0.4, 0.5) is 0 Å². The number of hydrogen-bond donors (Lipinski definition) is 2. The average Bonchev–Trinajstić information content (AvgIpc) is 2.92. The number of hydrogen-bond acceptors (Lipinski definition) is 5. The van der Waals surface area contributed by atoms with Crippen LogP contribution in [0.1, 0.15) is 25.3 Å². The highest BCUT2D eigenvalue weighted by atomic mass is 35.5. The van der Waals surface area contributed by atoms with E-state index in [1.165, 1.54) is 0 Å². The molecule has 2 heterocycles. The lowest BCUT2D eigenvalue weighted by Crippen LogP contribution is -2.45. The molecule has 0 saturated carbocycles. The van der Waals surface area contributed by atoms with Crippen LogP contribution in [-0.4, -0.2) is 34.8 Å². The highest BCUT2D eigenvalue weighted by molar-refractivity contribution is 7.89. The fourth-order valence-corrected chi connectivity index (χ4v) is 4.37. The van der Waals surface area contributed by atoms with E-state index in [9.17, 15) is 8.42 Å². The molecule has 0 radical (unpaired) electrons. The number of ether oxygens (including phenoxy) is 2. The minimum Gasteiger partial charge on any atom is -0.454 e. The Morgan fingerprint density at radius 3 is 2.65 bits per heavy atom. The molecule has 6 nitrogen and oxygen atoms in total. The number of halogens is 1. The van der Waals surface area contributed by atoms with Crippen LogP contribution in [0, 0.1) is 12.3 Å². The first-order valence-electron chi connectivity index (χ1n) is 7.50. The molecule has 0 spiro atoms. The van der Waals surface area contributed by atoms with Crippen molar-refractivity contribution in [2.75, 3.05) is 26.4 Å². The van der Waals surface area contributed by atoms with Crippen molar-refractivity contribution in [2.24, 2.45) is 5.41 Å². The summed E-state index contributed by atoms with van der Waals surface area (Å²) in [6.45, 7) is 6.26. The van der Waals surface area contributed by atoms with E-state index in [2.05, 4.69) is 17.0 Å². The first-order chi connectivity index (χ1) is 10.4. The van der Waals surface area contributed by atoms with Gasteiger partial charge in [0, 0.05) is 19.2 Å². The van der Waals surface area contributed by atoms with Crippen molar-refractivity contribution in [2.45, 2.75) is 31.6 Å². The molecule has 0 aliphatic carbocycles. The van der Waals surface area contributed by atoms with Gasteiger partial charge in [-0.25, -0.2) is 13.1 Å². The summed E-state index contributed by atoms with van der Waals surface area (Å²) in [5.41, 5.74) is 0.610. The van der Waals surface area contributed by atoms with Crippen LogP contribution in [0.3, 0.4) is 0 Å². The Labute approximate surface area is 143 Å². The average molecular weight is 363 g/mol. The second-order valence-electron chi connectivity index (χ2n) is 6.39. The van der Waals surface area contributed by atoms with Gasteiger partial charge in [0.15, 0.2) is 11.5 Å². The molecule has 2 aliphatic heterocycles. The van der Waals surface area contributed by atoms with Crippen LogP contribution < -0.4 is 19.5 Å². The zero-order valence-corrected chi connectivity index (χ0v) is 15.0. The topological polar surface area (TPSA) is 76.7 Å². The van der Waals surface area contributed by atoms with E-state index in [1.807, 2.05) is 0 Å². The second-order valence-corrected chi connectivity index (χ2v) is 8.12. The lowest BCUT2D eigenvalue weighted by molar-refractivity contribution is 0.174. The number of piperidine rings is 1. The third-order valence-electron chi connectivity index (χ3n) is 4.33. The van der Waals surface area contributed by atoms with Gasteiger partial charge in [-0.3, -0.25) is 0 Å². The Bertz CT molecular complexity index is 672. The van der Waals surface area contributed by atoms with E-state index < -0.39 is 10.0 Å². The van der Waals surface area contributed by atoms with E-state index in [0.29, 0.717) is 23.6 Å². The second kappa shape index (κ2) is 6.84. The summed E-state index contributed by atoms with van der Waals surface area (Å²) in [4.78, 5) is 0.254. The fourth-order valence-electron chi connectivity index (χ4n) is 2.93. The molecule has 1 saturated heterocycles. The van der Waals surface area contributed by atoms with Gasteiger partial charge in [-0.15, -0.1) is 12.4 Å². The maximum Gasteiger partial charge on any atom is 0.240 e. The smallest absolute Gasteiger partial charge is 0.240 e. The molecule has 1 aromatic rings. The third-order valence-corrected chi connectivity index (χ3v) is 5.88. The van der Waals surface area contributed by atoms with Gasteiger partial charge >= 0.3 is 0 Å². The largest absolute Gasteiger partial charge is 0.454 e. The van der Waals surface area contributed by atoms with Gasteiger partial charge in [-0.2, -0.15) is 0 Å². The number of aryl methyl sites for hydroxylation is 1. The number of rotatable bonds is 4. The highest BCUT2D eigenvalue weighted by Crippen LogP contribution is 2.36. The summed E-state index contributed by atoms with van der Waals surface area (Å²) < 4.78 is 38.5. The molecule has 23 heavy (non-hydrogen) atoms. The summed E-state index contributed by atoms with van der Waals surface area (Å²) in [6, 6.07) is 3.25. The normalized spacial score (nSPS) is 23.4. The molecule has 130 valence electrons. The van der Waals surface area contributed by atoms with E-state index in [1.54, 1.807) is 19.1 Å². The van der Waals surface area contributed by atoms with Crippen LogP contribution in [0.5, 0.6) is 11.5 Å². The zero-order valence-electron chi connectivity index (χ0n) is 13.3. The highest BCUT2D eigenvalue weighted by Gasteiger charge is 2.30. The summed E-state index contributed by atoms with van der Waals surface area (Å²) in [5, 5.41) is 3.33. The Hall–Kier alpha value is -1.02. The van der Waals surface area contributed by atoms with Crippen LogP contribution in [0.15, 0.2) is 17.0 Å². The molecule has 1 unspecified atom stereocenters. The van der Waals surface area contributed by atoms with Gasteiger partial charge in [0.2, 0.25) is 16.8 Å². The molecule has 3 rings (SSSR count). The fraction of sp³-hybridized carbons (Fsp3) is 0.600. The molecule has 2 N–H and O–H groups in total. The van der Waals surface area contributed by atoms with Crippen LogP contribution in [-0.2, 0) is 10.0 Å². The molecular formula is C15H23ClN2O4S. The van der Waals surface area contributed by atoms with E-state index >= 15 is 0 Å². The van der Waals surface area contributed by atoms with E-state index in [0.717, 1.165) is 25.9 Å². The van der Waals surface area contributed by atoms with Crippen molar-refractivity contribution in [3.05, 3.63) is 17.7 Å². The van der Waals surface area contributed by atoms with Gasteiger partial charge in [-0.1, -0.05) is 6.92 Å². The SMILES string of the molecule is Cc1cc2c(cc1S(=O)(=O)NCC1(C)CCCNC1)OCO2.Cl. The predicted octanol–water partition coefficient (Wildman–Crippen LogP) is 1.81. The van der Waals surface area contributed by atoms with Crippen molar-refractivity contribution in [1.82, 2.24) is 10.0 Å². The van der Waals surface area contributed by atoms with Crippen molar-refractivity contribution < 1.29 is 17.9 Å². The monoisotopic (exact) mass is 362 g/mol. The van der Waals surface area contributed by atoms with Gasteiger partial charge in [0.25, 0.3) is 0 Å². The van der Waals surface area contributed by atoms with Crippen LogP contribution in [0.25, 0.3) is 0 Å². The molecule has 0 aromatic heterocycles. The molecule has 0 amide bonds. The van der Waals surface area contributed by atoms with Crippen LogP contribution >= 0.6 is 12.4 Å². The molecule has 1 aromatic carbocycles. The van der Waals surface area contributed by atoms with Gasteiger partial charge in [0.05, 0.1) is 4.90 Å². The van der Waals surface area contributed by atoms with Gasteiger partial charge < -0.3 is 14.8 Å². The maximum absolute atomic E-state index is 12.6. The van der Waals surface area contributed by atoms with E-state index in [4.69, 9.17) is 9.47 Å². The van der Waals surface area contributed by atoms with Gasteiger partial charge in [-0.05, 0) is 43.4 Å². The Kier molecular flexibility index (Phi) is 5.45. The van der Waals surface area contributed by atoms with E-state index in [-0.39, 0.29) is 29.5 Å². The predicted molar refractivity (Wildman–Crippen MR) is 89.9 cm³/mol. The summed E-state index contributed by atoms with van der Waals surface area (Å²) >= 11 is 0. The number of sulfonamides is 1. The minimum absolute atomic E-state index is 0. The molecule has 1 fully saturated rings. The van der Waals surface area contributed by atoms with Crippen molar-refractivity contribution in [3.63, 3.8) is 0 Å². The number of nitrogens with one attached hydrogen (secondary N) is 2. The Morgan fingerprint density at radius 1 is 1.30 bits per heavy atom. The first kappa shape index (κ1) is 18.3. The lowest BCUT2D eigenvalue weighted by Gasteiger charge is -2.34. The summed E-state index contributed by atoms with van der Waals surface area (Å²) in [7, 11) is -3.56. The standard InChI is InChI=1S/C15H22N2O4S.ClH/c1-11-6-12-13(21-10-20-12)7-14(11)22(18,19)17-9-15(2)4-3-5-16-8-15;/h6-7,16-17H,3-5,8-10H2,1-2H3;1H. The molecule has 0 bridgehead atoms. The third kappa shape index (κ3) is 3.91. The lowest BCUT2D eigenvalue weighted by atomic mass is 9.83. The Balaban J connectivity index is 0.00000192. The quantitative estimate of drug-likeness (QED) is 0.854. The van der Waals surface area contributed by atoms with Gasteiger partial charge in [0.1, 0.15) is 0 Å². The molecule has 2 aliphatic rings. The van der Waals surface area contributed by atoms with Crippen LogP contribution in [0.2, 0.25) is 0 Å². The molecular weight excluding hydrogens is 340 g/mol. The van der Waals surface area contributed by atoms with Crippen molar-refractivity contribution >= 4 is 22.4 Å². The summed E-state index contributed by atoms with van der Waals surface area (Å²) in [6.07, 6.45) is 2.09. The Morgan fingerprint density at radius 2 is 2.00 bits per heavy atom.